The summed E-state index contributed by atoms with van der Waals surface area (Å²) >= 11 is 0. The van der Waals surface area contributed by atoms with Gasteiger partial charge < -0.3 is 10.5 Å². The first-order valence-electron chi connectivity index (χ1n) is 5.75. The lowest BCUT2D eigenvalue weighted by Crippen LogP contribution is -2.36. The Kier molecular flexibility index (Phi) is 5.37. The van der Waals surface area contributed by atoms with Crippen molar-refractivity contribution >= 4 is 10.0 Å². The predicted molar refractivity (Wildman–Crippen MR) is 66.6 cm³/mol. The number of hydrogen-bond acceptors (Lipinski definition) is 4. The average molecular weight is 312 g/mol. The van der Waals surface area contributed by atoms with Crippen molar-refractivity contribution in [2.75, 3.05) is 6.54 Å². The van der Waals surface area contributed by atoms with Crippen LogP contribution in [-0.4, -0.2) is 27.4 Å². The van der Waals surface area contributed by atoms with Crippen molar-refractivity contribution in [3.63, 3.8) is 0 Å². The van der Waals surface area contributed by atoms with Gasteiger partial charge in [0.15, 0.2) is 0 Å². The molecule has 0 spiro atoms. The third-order valence-electron chi connectivity index (χ3n) is 2.43. The van der Waals surface area contributed by atoms with Crippen molar-refractivity contribution in [1.29, 1.82) is 0 Å². The molecule has 0 saturated carbocycles. The van der Waals surface area contributed by atoms with Crippen LogP contribution in [0.4, 0.5) is 13.2 Å². The monoisotopic (exact) mass is 312 g/mol. The van der Waals surface area contributed by atoms with E-state index in [1.807, 2.05) is 6.92 Å². The van der Waals surface area contributed by atoms with E-state index in [2.05, 4.69) is 9.46 Å². The number of sulfonamides is 1. The maximum absolute atomic E-state index is 12.0. The minimum Gasteiger partial charge on any atom is -0.406 e. The first kappa shape index (κ1) is 16.7. The zero-order valence-corrected chi connectivity index (χ0v) is 11.5. The Bertz CT molecular complexity index is 529. The van der Waals surface area contributed by atoms with Crippen LogP contribution in [0.3, 0.4) is 0 Å². The lowest BCUT2D eigenvalue weighted by molar-refractivity contribution is -0.274. The molecular weight excluding hydrogens is 297 g/mol. The van der Waals surface area contributed by atoms with Crippen molar-refractivity contribution < 1.29 is 26.3 Å². The predicted octanol–water partition coefficient (Wildman–Crippen LogP) is 1.60. The summed E-state index contributed by atoms with van der Waals surface area (Å²) in [6.45, 7) is 1.86. The van der Waals surface area contributed by atoms with Gasteiger partial charge in [-0.15, -0.1) is 13.2 Å². The van der Waals surface area contributed by atoms with E-state index in [0.717, 1.165) is 24.3 Å². The number of nitrogens with two attached hydrogens (primary N) is 1. The Morgan fingerprint density at radius 3 is 2.30 bits per heavy atom. The lowest BCUT2D eigenvalue weighted by atomic mass is 10.2. The fourth-order valence-corrected chi connectivity index (χ4v) is 2.36. The van der Waals surface area contributed by atoms with Crippen LogP contribution in [0.15, 0.2) is 29.2 Å². The van der Waals surface area contributed by atoms with Crippen LogP contribution < -0.4 is 15.2 Å². The number of benzene rings is 1. The normalized spacial score (nSPS) is 14.1. The van der Waals surface area contributed by atoms with Crippen molar-refractivity contribution in [3.05, 3.63) is 24.3 Å². The van der Waals surface area contributed by atoms with Crippen molar-refractivity contribution in [3.8, 4) is 5.75 Å². The Labute approximate surface area is 115 Å². The molecule has 0 aliphatic heterocycles. The van der Waals surface area contributed by atoms with E-state index in [0.29, 0.717) is 6.42 Å². The van der Waals surface area contributed by atoms with E-state index in [1.165, 1.54) is 0 Å². The molecule has 1 rings (SSSR count). The van der Waals surface area contributed by atoms with Crippen LogP contribution in [0.25, 0.3) is 0 Å². The number of alkyl halides is 3. The van der Waals surface area contributed by atoms with E-state index in [1.54, 1.807) is 0 Å². The van der Waals surface area contributed by atoms with Gasteiger partial charge in [-0.3, -0.25) is 0 Å². The van der Waals surface area contributed by atoms with Crippen LogP contribution in [0.2, 0.25) is 0 Å². The largest absolute Gasteiger partial charge is 0.573 e. The quantitative estimate of drug-likeness (QED) is 0.836. The van der Waals surface area contributed by atoms with Gasteiger partial charge in [0.05, 0.1) is 4.90 Å². The molecular formula is C11H15F3N2O3S. The number of rotatable bonds is 6. The zero-order chi connectivity index (χ0) is 15.4. The first-order valence-corrected chi connectivity index (χ1v) is 7.23. The summed E-state index contributed by atoms with van der Waals surface area (Å²) in [6, 6.07) is 3.60. The molecule has 0 aromatic heterocycles. The van der Waals surface area contributed by atoms with Gasteiger partial charge in [0.2, 0.25) is 10.0 Å². The van der Waals surface area contributed by atoms with Crippen molar-refractivity contribution in [2.24, 2.45) is 5.73 Å². The maximum Gasteiger partial charge on any atom is 0.573 e. The first-order chi connectivity index (χ1) is 9.14. The second kappa shape index (κ2) is 6.42. The van der Waals surface area contributed by atoms with E-state index >= 15 is 0 Å². The van der Waals surface area contributed by atoms with Crippen molar-refractivity contribution in [2.45, 2.75) is 30.6 Å². The molecule has 0 aliphatic carbocycles. The van der Waals surface area contributed by atoms with Gasteiger partial charge in [-0.1, -0.05) is 6.92 Å². The number of hydrogen-bond donors (Lipinski definition) is 2. The van der Waals surface area contributed by atoms with Crippen LogP contribution in [-0.2, 0) is 10.0 Å². The average Bonchev–Trinajstić information content (AvgIpc) is 2.34. The van der Waals surface area contributed by atoms with E-state index in [9.17, 15) is 21.6 Å². The fourth-order valence-electron chi connectivity index (χ4n) is 1.26. The van der Waals surface area contributed by atoms with Gasteiger partial charge in [0.25, 0.3) is 0 Å². The lowest BCUT2D eigenvalue weighted by Gasteiger charge is -2.12. The summed E-state index contributed by atoms with van der Waals surface area (Å²) in [5.41, 5.74) is 5.58. The third kappa shape index (κ3) is 5.35. The standard InChI is InChI=1S/C11H15F3N2O3S/c1-2-8(15)7-16-20(17,18)10-5-3-9(4-6-10)19-11(12,13)14/h3-6,8,16H,2,7,15H2,1H3. The molecule has 3 N–H and O–H groups in total. The highest BCUT2D eigenvalue weighted by Crippen LogP contribution is 2.23. The highest BCUT2D eigenvalue weighted by molar-refractivity contribution is 7.89. The van der Waals surface area contributed by atoms with Gasteiger partial charge in [-0.25, -0.2) is 13.1 Å². The molecule has 9 heteroatoms. The SMILES string of the molecule is CCC(N)CNS(=O)(=O)c1ccc(OC(F)(F)F)cc1. The smallest absolute Gasteiger partial charge is 0.406 e. The van der Waals surface area contributed by atoms with Crippen LogP contribution in [0, 0.1) is 0 Å². The molecule has 1 aromatic carbocycles. The second-order valence-electron chi connectivity index (χ2n) is 4.04. The minimum absolute atomic E-state index is 0.0552. The molecule has 0 saturated heterocycles. The molecule has 0 heterocycles. The van der Waals surface area contributed by atoms with Crippen molar-refractivity contribution in [1.82, 2.24) is 4.72 Å². The molecule has 114 valence electrons. The maximum atomic E-state index is 12.0. The number of halogens is 3. The Balaban J connectivity index is 2.77. The highest BCUT2D eigenvalue weighted by atomic mass is 32.2. The van der Waals surface area contributed by atoms with Gasteiger partial charge in [0.1, 0.15) is 5.75 Å². The third-order valence-corrected chi connectivity index (χ3v) is 3.87. The topological polar surface area (TPSA) is 81.4 Å². The minimum atomic E-state index is -4.81. The number of nitrogens with one attached hydrogen (secondary N) is 1. The molecule has 0 aliphatic rings. The summed E-state index contributed by atoms with van der Waals surface area (Å²) in [7, 11) is -3.79. The van der Waals surface area contributed by atoms with Gasteiger partial charge in [-0.2, -0.15) is 0 Å². The summed E-state index contributed by atoms with van der Waals surface area (Å²) in [5.74, 6) is -0.485. The van der Waals surface area contributed by atoms with Crippen LogP contribution >= 0.6 is 0 Å². The molecule has 1 unspecified atom stereocenters. The van der Waals surface area contributed by atoms with Gasteiger partial charge >= 0.3 is 6.36 Å². The Morgan fingerprint density at radius 1 is 1.30 bits per heavy atom. The zero-order valence-electron chi connectivity index (χ0n) is 10.6. The molecule has 0 fully saturated rings. The van der Waals surface area contributed by atoms with Crippen LogP contribution in [0.1, 0.15) is 13.3 Å². The summed E-state index contributed by atoms with van der Waals surface area (Å²) in [5, 5.41) is 0. The summed E-state index contributed by atoms with van der Waals surface area (Å²) in [4.78, 5) is -0.157. The number of ether oxygens (including phenoxy) is 1. The van der Waals surface area contributed by atoms with E-state index in [-0.39, 0.29) is 17.5 Å². The molecule has 20 heavy (non-hydrogen) atoms. The van der Waals surface area contributed by atoms with Crippen LogP contribution in [0.5, 0.6) is 5.75 Å². The Morgan fingerprint density at radius 2 is 1.85 bits per heavy atom. The molecule has 1 atom stereocenters. The molecule has 0 amide bonds. The van der Waals surface area contributed by atoms with Gasteiger partial charge in [-0.05, 0) is 30.7 Å². The Hall–Kier alpha value is -1.32. The molecule has 0 bridgehead atoms. The fraction of sp³-hybridized carbons (Fsp3) is 0.455. The molecule has 1 aromatic rings. The highest BCUT2D eigenvalue weighted by Gasteiger charge is 2.31. The van der Waals surface area contributed by atoms with E-state index in [4.69, 9.17) is 5.73 Å². The van der Waals surface area contributed by atoms with Gasteiger partial charge in [0, 0.05) is 12.6 Å². The molecule has 5 nitrogen and oxygen atoms in total. The summed E-state index contributed by atoms with van der Waals surface area (Å²) in [6.07, 6.45) is -4.21. The van der Waals surface area contributed by atoms with E-state index < -0.39 is 22.1 Å². The second-order valence-corrected chi connectivity index (χ2v) is 5.81. The summed E-state index contributed by atoms with van der Waals surface area (Å²) < 4.78 is 65.4. The molecule has 0 radical (unpaired) electrons.